The van der Waals surface area contributed by atoms with Gasteiger partial charge in [-0.3, -0.25) is 9.59 Å². The lowest BCUT2D eigenvalue weighted by Gasteiger charge is -2.20. The number of fused-ring (bicyclic) bond motifs is 1. The molecule has 0 fully saturated rings. The van der Waals surface area contributed by atoms with Crippen LogP contribution in [-0.2, 0) is 25.5 Å². The van der Waals surface area contributed by atoms with Crippen LogP contribution in [-0.4, -0.2) is 47.7 Å². The van der Waals surface area contributed by atoms with E-state index >= 15 is 0 Å². The van der Waals surface area contributed by atoms with Crippen LogP contribution >= 0.6 is 0 Å². The van der Waals surface area contributed by atoms with Crippen LogP contribution in [0.15, 0.2) is 30.5 Å². The van der Waals surface area contributed by atoms with Gasteiger partial charge in [0.2, 0.25) is 11.7 Å². The van der Waals surface area contributed by atoms with Crippen LogP contribution in [0.3, 0.4) is 0 Å². The summed E-state index contributed by atoms with van der Waals surface area (Å²) in [6, 6.07) is 6.99. The number of amides is 1. The number of Topliss-reactive ketones (excluding diaryl/α,β-unsaturated/α-hetero) is 1. The topological polar surface area (TPSA) is 102 Å². The van der Waals surface area contributed by atoms with Gasteiger partial charge in [-0.2, -0.15) is 0 Å². The van der Waals surface area contributed by atoms with Gasteiger partial charge < -0.3 is 15.0 Å². The fraction of sp³-hybridized carbons (Fsp3) is 0.409. The minimum atomic E-state index is -0.891. The quantitative estimate of drug-likeness (QED) is 0.363. The maximum Gasteiger partial charge on any atom is 0.334 e. The van der Waals surface area contributed by atoms with Crippen molar-refractivity contribution in [2.24, 2.45) is 5.92 Å². The molecule has 0 spiro atoms. The average molecular weight is 398 g/mol. The molecular weight excluding hydrogens is 370 g/mol. The maximum absolute atomic E-state index is 12.7. The number of nitrogens with zero attached hydrogens (tertiary/aromatic N) is 1. The van der Waals surface area contributed by atoms with Crippen molar-refractivity contribution in [1.29, 1.82) is 0 Å². The predicted molar refractivity (Wildman–Crippen MR) is 114 cm³/mol. The van der Waals surface area contributed by atoms with E-state index in [0.717, 1.165) is 22.7 Å². The molecule has 0 saturated carbocycles. The zero-order chi connectivity index (χ0) is 21.4. The summed E-state index contributed by atoms with van der Waals surface area (Å²) in [7, 11) is 0. The Morgan fingerprint density at radius 3 is 2.66 bits per heavy atom. The number of ether oxygens (including phenoxy) is 1. The van der Waals surface area contributed by atoms with Gasteiger partial charge in [-0.05, 0) is 38.3 Å². The molecule has 2 atom stereocenters. The Hall–Kier alpha value is -3.18. The second-order valence-electron chi connectivity index (χ2n) is 7.33. The van der Waals surface area contributed by atoms with E-state index in [1.165, 1.54) is 0 Å². The molecule has 0 aliphatic rings. The zero-order valence-electron chi connectivity index (χ0n) is 17.1. The van der Waals surface area contributed by atoms with Crippen molar-refractivity contribution in [2.75, 3.05) is 0 Å². The minimum absolute atomic E-state index is 0.0635. The average Bonchev–Trinajstić information content (AvgIpc) is 3.07. The number of nitrogens with one attached hydrogen (secondary N) is 2. The summed E-state index contributed by atoms with van der Waals surface area (Å²) in [6.07, 6.45) is 3.41. The van der Waals surface area contributed by atoms with Crippen LogP contribution < -0.4 is 9.98 Å². The van der Waals surface area contributed by atoms with Crippen molar-refractivity contribution < 1.29 is 19.1 Å². The van der Waals surface area contributed by atoms with Crippen molar-refractivity contribution in [3.63, 3.8) is 0 Å². The van der Waals surface area contributed by atoms with E-state index in [-0.39, 0.29) is 36.6 Å². The summed E-state index contributed by atoms with van der Waals surface area (Å²) in [6.45, 7) is 8.51. The first-order valence-corrected chi connectivity index (χ1v) is 9.69. The molecule has 0 aliphatic carbocycles. The summed E-state index contributed by atoms with van der Waals surface area (Å²) in [5.74, 6) is -1.43. The molecule has 0 saturated heterocycles. The number of carbonyl (C=O) groups excluding carboxylic acids is 3. The van der Waals surface area contributed by atoms with Crippen molar-refractivity contribution in [3.05, 3.63) is 36.0 Å². The Morgan fingerprint density at radius 2 is 1.97 bits per heavy atom. The highest BCUT2D eigenvalue weighted by Gasteiger charge is 2.26. The second kappa shape index (κ2) is 10.4. The van der Waals surface area contributed by atoms with E-state index in [1.807, 2.05) is 37.4 Å². The third kappa shape index (κ3) is 6.43. The lowest BCUT2D eigenvalue weighted by atomic mass is 9.99. The number of carbonyl (C=O) groups is 3. The number of H-pyrrole nitrogens is 1. The zero-order valence-corrected chi connectivity index (χ0v) is 17.1. The molecule has 7 heteroatoms. The van der Waals surface area contributed by atoms with E-state index in [4.69, 9.17) is 4.74 Å². The van der Waals surface area contributed by atoms with E-state index in [0.29, 0.717) is 6.42 Å². The largest absolute Gasteiger partial charge is 0.461 e. The number of aromatic nitrogens is 1. The van der Waals surface area contributed by atoms with Gasteiger partial charge in [0.15, 0.2) is 0 Å². The molecule has 2 aromatic rings. The van der Waals surface area contributed by atoms with Gasteiger partial charge in [-0.25, -0.2) is 4.79 Å². The van der Waals surface area contributed by atoms with Gasteiger partial charge in [-0.1, -0.05) is 25.1 Å². The van der Waals surface area contributed by atoms with E-state index < -0.39 is 12.0 Å². The van der Waals surface area contributed by atoms with E-state index in [1.54, 1.807) is 13.8 Å². The Balaban J connectivity index is 2.05. The van der Waals surface area contributed by atoms with Gasteiger partial charge in [0.25, 0.3) is 6.72 Å². The number of aromatic amines is 1. The maximum atomic E-state index is 12.7. The standard InChI is InChI=1S/C22H27N3O4/c1-14(2)29-22(28)20(10-9-17(26)13-23-4)25-21(27)15(3)11-16-12-24-19-8-6-5-7-18(16)19/h5-8,12-15,20,24H,4,9-11H2,1-3H3/p+1/t15-,20-/m0/s1. The van der Waals surface area contributed by atoms with Gasteiger partial charge >= 0.3 is 12.2 Å². The molecule has 7 nitrogen and oxygen atoms in total. The second-order valence-corrected chi connectivity index (χ2v) is 7.33. The molecule has 0 bridgehead atoms. The van der Waals surface area contributed by atoms with Crippen LogP contribution in [0.1, 0.15) is 39.2 Å². The lowest BCUT2D eigenvalue weighted by molar-refractivity contribution is -0.152. The monoisotopic (exact) mass is 398 g/mol. The normalized spacial score (nSPS) is 12.8. The molecule has 1 amide bonds. The Morgan fingerprint density at radius 1 is 1.24 bits per heavy atom. The third-order valence-corrected chi connectivity index (χ3v) is 4.52. The van der Waals surface area contributed by atoms with Gasteiger partial charge in [-0.15, -0.1) is 4.67 Å². The summed E-state index contributed by atoms with van der Waals surface area (Å²) in [5, 5.41) is 3.81. The molecule has 0 radical (unpaired) electrons. The lowest BCUT2D eigenvalue weighted by Crippen LogP contribution is -2.45. The molecule has 0 aliphatic heterocycles. The number of para-hydroxylation sites is 1. The smallest absolute Gasteiger partial charge is 0.334 e. The molecule has 154 valence electrons. The SMILES string of the molecule is C=[N+]=CC(=O)CC[C@H](NC(=O)[C@@H](C)Cc1c[nH]c2ccccc12)C(=O)OC(C)C. The molecule has 2 rings (SSSR count). The first kappa shape index (κ1) is 22.1. The Kier molecular flexibility index (Phi) is 7.92. The fourth-order valence-electron chi connectivity index (χ4n) is 3.05. The Labute approximate surface area is 170 Å². The molecule has 0 unspecified atom stereocenters. The van der Waals surface area contributed by atoms with Crippen LogP contribution in [0.5, 0.6) is 0 Å². The highest BCUT2D eigenvalue weighted by Crippen LogP contribution is 2.21. The minimum Gasteiger partial charge on any atom is -0.461 e. The third-order valence-electron chi connectivity index (χ3n) is 4.52. The number of ketones is 1. The molecule has 1 aromatic carbocycles. The van der Waals surface area contributed by atoms with Crippen LogP contribution in [0.4, 0.5) is 0 Å². The highest BCUT2D eigenvalue weighted by atomic mass is 16.5. The molecule has 2 N–H and O–H groups in total. The summed E-state index contributed by atoms with van der Waals surface area (Å²) in [4.78, 5) is 40.0. The van der Waals surface area contributed by atoms with Crippen molar-refractivity contribution in [3.8, 4) is 0 Å². The first-order valence-electron chi connectivity index (χ1n) is 9.69. The number of hydrogen-bond donors (Lipinski definition) is 2. The van der Waals surface area contributed by atoms with Gasteiger partial charge in [0.1, 0.15) is 6.04 Å². The van der Waals surface area contributed by atoms with Gasteiger partial charge in [0.05, 0.1) is 6.10 Å². The van der Waals surface area contributed by atoms with Crippen LogP contribution in [0.2, 0.25) is 0 Å². The Bertz CT molecular complexity index is 925. The molecule has 1 aromatic heterocycles. The number of benzene rings is 1. The number of rotatable bonds is 10. The van der Waals surface area contributed by atoms with Crippen LogP contribution in [0.25, 0.3) is 10.9 Å². The van der Waals surface area contributed by atoms with Crippen LogP contribution in [0, 0.1) is 5.92 Å². The van der Waals surface area contributed by atoms with Crippen molar-refractivity contribution in [1.82, 2.24) is 15.0 Å². The molecule has 29 heavy (non-hydrogen) atoms. The first-order chi connectivity index (χ1) is 13.8. The van der Waals surface area contributed by atoms with Crippen molar-refractivity contribution in [2.45, 2.75) is 52.2 Å². The summed E-state index contributed by atoms with van der Waals surface area (Å²) in [5.41, 5.74) is 2.05. The molecular formula is C22H28N3O4+. The summed E-state index contributed by atoms with van der Waals surface area (Å²) < 4.78 is 8.66. The fourth-order valence-corrected chi connectivity index (χ4v) is 3.05. The number of esters is 1. The summed E-state index contributed by atoms with van der Waals surface area (Å²) >= 11 is 0. The van der Waals surface area contributed by atoms with Gasteiger partial charge in [0, 0.05) is 29.4 Å². The number of hydrogen-bond acceptors (Lipinski definition) is 4. The van der Waals surface area contributed by atoms with E-state index in [2.05, 4.69) is 21.7 Å². The predicted octanol–water partition coefficient (Wildman–Crippen LogP) is 1.97. The highest BCUT2D eigenvalue weighted by molar-refractivity contribution is 6.27. The van der Waals surface area contributed by atoms with E-state index in [9.17, 15) is 14.4 Å². The van der Waals surface area contributed by atoms with Crippen molar-refractivity contribution >= 4 is 41.5 Å². The molecule has 1 heterocycles.